The maximum atomic E-state index is 13.7. The van der Waals surface area contributed by atoms with Gasteiger partial charge in [-0.05, 0) is 61.0 Å². The largest absolute Gasteiger partial charge is 0.471 e. The number of nitrogens with one attached hydrogen (secondary N) is 1. The van der Waals surface area contributed by atoms with Crippen LogP contribution in [0.1, 0.15) is 42.5 Å². The highest BCUT2D eigenvalue weighted by Crippen LogP contribution is 2.39. The molecule has 202 valence electrons. The standard InChI is InChI=1S/C28H27F3N6O2/c1-3-22(38)14-33-13-20-5-4-6-21(35-20)15-39-27-24(18-11-16(2)34-23(12-18)26(30)31)25(36-28(32)37-27)17-7-9-19(29)10-8-17/h4-12,26,33H,3,13-15H2,1-2H3,(H2,32,36,37). The Labute approximate surface area is 223 Å². The number of alkyl halides is 2. The predicted molar refractivity (Wildman–Crippen MR) is 140 cm³/mol. The van der Waals surface area contributed by atoms with Gasteiger partial charge in [0.1, 0.15) is 23.9 Å². The number of carbonyl (C=O) groups is 1. The molecule has 0 radical (unpaired) electrons. The van der Waals surface area contributed by atoms with Crippen LogP contribution in [0.15, 0.2) is 54.6 Å². The third-order valence-corrected chi connectivity index (χ3v) is 5.74. The van der Waals surface area contributed by atoms with Crippen LogP contribution in [0.4, 0.5) is 19.1 Å². The van der Waals surface area contributed by atoms with Crippen LogP contribution in [-0.4, -0.2) is 32.3 Å². The topological polar surface area (TPSA) is 116 Å². The van der Waals surface area contributed by atoms with Gasteiger partial charge in [-0.25, -0.2) is 18.2 Å². The van der Waals surface area contributed by atoms with Crippen LogP contribution in [0.5, 0.6) is 5.88 Å². The first-order chi connectivity index (χ1) is 18.7. The van der Waals surface area contributed by atoms with Crippen molar-refractivity contribution in [3.05, 3.63) is 83.2 Å². The number of halogens is 3. The van der Waals surface area contributed by atoms with Crippen molar-refractivity contribution in [2.75, 3.05) is 12.3 Å². The SMILES string of the molecule is CCC(=O)CNCc1cccc(COc2nc(N)nc(-c3ccc(F)cc3)c2-c2cc(C)nc(C(F)F)c2)n1. The minimum Gasteiger partial charge on any atom is -0.471 e. The third-order valence-electron chi connectivity index (χ3n) is 5.74. The van der Waals surface area contributed by atoms with Gasteiger partial charge in [-0.15, -0.1) is 0 Å². The Bertz CT molecular complexity index is 1460. The molecule has 0 unspecified atom stereocenters. The molecule has 4 rings (SSSR count). The molecule has 0 spiro atoms. The summed E-state index contributed by atoms with van der Waals surface area (Å²) >= 11 is 0. The van der Waals surface area contributed by atoms with Crippen LogP contribution in [0.25, 0.3) is 22.4 Å². The van der Waals surface area contributed by atoms with Gasteiger partial charge in [0.25, 0.3) is 6.43 Å². The monoisotopic (exact) mass is 536 g/mol. The second-order valence-electron chi connectivity index (χ2n) is 8.74. The maximum absolute atomic E-state index is 13.7. The van der Waals surface area contributed by atoms with Crippen LogP contribution in [0.2, 0.25) is 0 Å². The number of anilines is 1. The van der Waals surface area contributed by atoms with Gasteiger partial charge in [0.2, 0.25) is 11.8 Å². The Morgan fingerprint density at radius 2 is 1.74 bits per heavy atom. The lowest BCUT2D eigenvalue weighted by Gasteiger charge is -2.16. The van der Waals surface area contributed by atoms with Crippen LogP contribution >= 0.6 is 0 Å². The Morgan fingerprint density at radius 3 is 2.46 bits per heavy atom. The van der Waals surface area contributed by atoms with Crippen LogP contribution in [-0.2, 0) is 17.9 Å². The van der Waals surface area contributed by atoms with E-state index in [1.54, 1.807) is 26.0 Å². The van der Waals surface area contributed by atoms with E-state index in [0.717, 1.165) is 0 Å². The highest BCUT2D eigenvalue weighted by atomic mass is 19.3. The van der Waals surface area contributed by atoms with Gasteiger partial charge in [0, 0.05) is 24.2 Å². The van der Waals surface area contributed by atoms with Crippen molar-refractivity contribution in [3.63, 3.8) is 0 Å². The summed E-state index contributed by atoms with van der Waals surface area (Å²) in [6.07, 6.45) is -2.35. The molecule has 3 aromatic heterocycles. The fourth-order valence-electron chi connectivity index (χ4n) is 3.89. The molecular formula is C28H27F3N6O2. The average molecular weight is 537 g/mol. The number of nitrogen functional groups attached to an aromatic ring is 1. The smallest absolute Gasteiger partial charge is 0.280 e. The highest BCUT2D eigenvalue weighted by Gasteiger charge is 2.22. The summed E-state index contributed by atoms with van der Waals surface area (Å²) in [4.78, 5) is 28.6. The summed E-state index contributed by atoms with van der Waals surface area (Å²) in [6, 6.07) is 13.8. The van der Waals surface area contributed by atoms with Crippen molar-refractivity contribution in [3.8, 4) is 28.3 Å². The van der Waals surface area contributed by atoms with Crippen molar-refractivity contribution >= 4 is 11.7 Å². The number of benzene rings is 1. The second kappa shape index (κ2) is 12.4. The zero-order valence-corrected chi connectivity index (χ0v) is 21.4. The molecule has 0 saturated heterocycles. The normalized spacial score (nSPS) is 11.1. The summed E-state index contributed by atoms with van der Waals surface area (Å²) in [5.41, 5.74) is 8.66. The minimum absolute atomic E-state index is 0.0141. The molecule has 0 atom stereocenters. The van der Waals surface area contributed by atoms with Crippen molar-refractivity contribution < 1.29 is 22.7 Å². The number of aryl methyl sites for hydroxylation is 1. The number of pyridine rings is 2. The minimum atomic E-state index is -2.80. The number of aromatic nitrogens is 4. The fourth-order valence-corrected chi connectivity index (χ4v) is 3.89. The molecule has 3 N–H and O–H groups in total. The molecule has 0 saturated carbocycles. The van der Waals surface area contributed by atoms with E-state index >= 15 is 0 Å². The van der Waals surface area contributed by atoms with Gasteiger partial charge in [-0.3, -0.25) is 14.8 Å². The van der Waals surface area contributed by atoms with E-state index < -0.39 is 17.9 Å². The number of rotatable bonds is 11. The van der Waals surface area contributed by atoms with E-state index in [0.29, 0.717) is 46.7 Å². The quantitative estimate of drug-likeness (QED) is 0.268. The Kier molecular flexibility index (Phi) is 8.82. The average Bonchev–Trinajstić information content (AvgIpc) is 2.91. The summed E-state index contributed by atoms with van der Waals surface area (Å²) in [5, 5.41) is 3.06. The lowest BCUT2D eigenvalue weighted by molar-refractivity contribution is -0.117. The molecule has 0 bridgehead atoms. The van der Waals surface area contributed by atoms with Gasteiger partial charge in [-0.1, -0.05) is 13.0 Å². The van der Waals surface area contributed by atoms with E-state index in [1.165, 1.54) is 30.3 Å². The van der Waals surface area contributed by atoms with Gasteiger partial charge >= 0.3 is 0 Å². The predicted octanol–water partition coefficient (Wildman–Crippen LogP) is 5.22. The maximum Gasteiger partial charge on any atom is 0.280 e. The second-order valence-corrected chi connectivity index (χ2v) is 8.74. The first-order valence-electron chi connectivity index (χ1n) is 12.2. The summed E-state index contributed by atoms with van der Waals surface area (Å²) in [5.74, 6) is -0.411. The summed E-state index contributed by atoms with van der Waals surface area (Å²) in [6.45, 7) is 4.04. The molecule has 0 aliphatic heterocycles. The van der Waals surface area contributed by atoms with Crippen molar-refractivity contribution in [2.24, 2.45) is 0 Å². The summed E-state index contributed by atoms with van der Waals surface area (Å²) < 4.78 is 46.9. The first kappa shape index (κ1) is 27.6. The van der Waals surface area contributed by atoms with Crippen LogP contribution < -0.4 is 15.8 Å². The number of hydrogen-bond donors (Lipinski definition) is 2. The third kappa shape index (κ3) is 7.14. The molecular weight excluding hydrogens is 509 g/mol. The van der Waals surface area contributed by atoms with Gasteiger partial charge < -0.3 is 15.8 Å². The number of Topliss-reactive ketones (excluding diaryl/α,β-unsaturated/α-hetero) is 1. The van der Waals surface area contributed by atoms with E-state index in [-0.39, 0.29) is 36.5 Å². The van der Waals surface area contributed by atoms with Gasteiger partial charge in [0.05, 0.1) is 29.2 Å². The molecule has 3 heterocycles. The van der Waals surface area contributed by atoms with E-state index in [1.807, 2.05) is 12.1 Å². The number of nitrogens with two attached hydrogens (primary N) is 1. The van der Waals surface area contributed by atoms with E-state index in [9.17, 15) is 18.0 Å². The molecule has 11 heteroatoms. The van der Waals surface area contributed by atoms with Crippen molar-refractivity contribution in [2.45, 2.75) is 39.8 Å². The zero-order valence-electron chi connectivity index (χ0n) is 21.4. The molecule has 1 aromatic carbocycles. The molecule has 0 amide bonds. The van der Waals surface area contributed by atoms with Crippen LogP contribution in [0, 0.1) is 12.7 Å². The van der Waals surface area contributed by atoms with E-state index in [4.69, 9.17) is 10.5 Å². The van der Waals surface area contributed by atoms with Gasteiger partial charge in [0.15, 0.2) is 0 Å². The van der Waals surface area contributed by atoms with E-state index in [2.05, 4.69) is 25.3 Å². The number of nitrogens with zero attached hydrogens (tertiary/aromatic N) is 4. The first-order valence-corrected chi connectivity index (χ1v) is 12.2. The highest BCUT2D eigenvalue weighted by molar-refractivity contribution is 5.85. The Morgan fingerprint density at radius 1 is 1.00 bits per heavy atom. The number of ether oxygens (including phenoxy) is 1. The molecule has 8 nitrogen and oxygen atoms in total. The van der Waals surface area contributed by atoms with Crippen LogP contribution in [0.3, 0.4) is 0 Å². The fraction of sp³-hybridized carbons (Fsp3) is 0.250. The number of carbonyl (C=O) groups excluding carboxylic acids is 1. The lowest BCUT2D eigenvalue weighted by Crippen LogP contribution is -2.22. The molecule has 0 fully saturated rings. The Balaban J connectivity index is 1.71. The molecule has 0 aliphatic rings. The number of ketones is 1. The summed E-state index contributed by atoms with van der Waals surface area (Å²) in [7, 11) is 0. The Hall–Kier alpha value is -4.38. The van der Waals surface area contributed by atoms with Crippen molar-refractivity contribution in [1.82, 2.24) is 25.3 Å². The molecule has 4 aromatic rings. The number of hydrogen-bond acceptors (Lipinski definition) is 8. The van der Waals surface area contributed by atoms with Gasteiger partial charge in [-0.2, -0.15) is 4.98 Å². The van der Waals surface area contributed by atoms with Crippen molar-refractivity contribution in [1.29, 1.82) is 0 Å². The lowest BCUT2D eigenvalue weighted by atomic mass is 9.99. The molecule has 39 heavy (non-hydrogen) atoms. The zero-order chi connectivity index (χ0) is 27.9. The molecule has 0 aliphatic carbocycles.